The number of nitrogens with two attached hydrogens (primary N) is 1. The zero-order valence-electron chi connectivity index (χ0n) is 14.0. The van der Waals surface area contributed by atoms with Crippen LogP contribution in [0, 0.1) is 0 Å². The lowest BCUT2D eigenvalue weighted by Crippen LogP contribution is -2.48. The van der Waals surface area contributed by atoms with Gasteiger partial charge >= 0.3 is 0 Å². The number of nitrogens with zero attached hydrogens (tertiary/aromatic N) is 1. The van der Waals surface area contributed by atoms with Crippen LogP contribution < -0.4 is 15.2 Å². The lowest BCUT2D eigenvalue weighted by Gasteiger charge is -2.29. The molecule has 142 valence electrons. The quantitative estimate of drug-likeness (QED) is 0.589. The molecule has 3 N–H and O–H groups in total. The first-order valence-electron chi connectivity index (χ1n) is 7.48. The Labute approximate surface area is 147 Å². The van der Waals surface area contributed by atoms with Crippen LogP contribution >= 0.6 is 0 Å². The van der Waals surface area contributed by atoms with Crippen molar-refractivity contribution in [2.75, 3.05) is 38.8 Å². The first kappa shape index (κ1) is 19.9. The molecule has 9 nitrogen and oxygen atoms in total. The van der Waals surface area contributed by atoms with E-state index >= 15 is 0 Å². The minimum atomic E-state index is -4.18. The number of hydrogen-bond acceptors (Lipinski definition) is 8. The molecule has 2 atom stereocenters. The number of rotatable bonds is 7. The van der Waals surface area contributed by atoms with Crippen LogP contribution in [0.2, 0.25) is 0 Å². The average molecular weight is 394 g/mol. The zero-order valence-corrected chi connectivity index (χ0v) is 15.6. The van der Waals surface area contributed by atoms with Crippen LogP contribution in [-0.2, 0) is 19.9 Å². The van der Waals surface area contributed by atoms with Gasteiger partial charge in [-0.25, -0.2) is 16.8 Å². The lowest BCUT2D eigenvalue weighted by atomic mass is 10.2. The summed E-state index contributed by atoms with van der Waals surface area (Å²) >= 11 is 0. The molecule has 0 bridgehead atoms. The van der Waals surface area contributed by atoms with Crippen molar-refractivity contribution in [3.05, 3.63) is 18.2 Å². The Morgan fingerprint density at radius 3 is 2.44 bits per heavy atom. The maximum atomic E-state index is 13.1. The fourth-order valence-corrected chi connectivity index (χ4v) is 6.53. The molecule has 0 saturated carbocycles. The summed E-state index contributed by atoms with van der Waals surface area (Å²) in [7, 11) is -5.00. The Balaban J connectivity index is 2.54. The minimum absolute atomic E-state index is 0.0330. The van der Waals surface area contributed by atoms with E-state index in [0.717, 1.165) is 4.31 Å². The molecule has 1 heterocycles. The van der Waals surface area contributed by atoms with Crippen molar-refractivity contribution in [1.82, 2.24) is 4.31 Å². The standard InChI is InChI=1S/C14H22N2O7S2/c1-22-10-3-4-13(23-2)14(7-10)25(20,21)16(6-5-15)11-8-24(18,19)9-12(11)17/h3-4,7,11-12,17H,5-6,8-9,15H2,1-2H3/t11-,12+/m1/s1. The Hall–Kier alpha value is -1.40. The fraction of sp³-hybridized carbons (Fsp3) is 0.571. The second-order valence-electron chi connectivity index (χ2n) is 5.63. The number of sulfonamides is 1. The van der Waals surface area contributed by atoms with E-state index in [2.05, 4.69) is 0 Å². The van der Waals surface area contributed by atoms with E-state index in [1.54, 1.807) is 6.07 Å². The molecule has 1 saturated heterocycles. The third-order valence-electron chi connectivity index (χ3n) is 3.97. The molecule has 25 heavy (non-hydrogen) atoms. The van der Waals surface area contributed by atoms with Crippen molar-refractivity contribution < 1.29 is 31.4 Å². The SMILES string of the molecule is COc1ccc(OC)c(S(=O)(=O)N(CCN)[C@@H]2CS(=O)(=O)C[C@@H]2O)c1. The van der Waals surface area contributed by atoms with E-state index in [0.29, 0.717) is 5.75 Å². The molecular weight excluding hydrogens is 372 g/mol. The second kappa shape index (κ2) is 7.46. The predicted octanol–water partition coefficient (Wildman–Crippen LogP) is -1.19. The van der Waals surface area contributed by atoms with Crippen molar-refractivity contribution >= 4 is 19.9 Å². The van der Waals surface area contributed by atoms with E-state index in [4.69, 9.17) is 15.2 Å². The van der Waals surface area contributed by atoms with Gasteiger partial charge in [-0.2, -0.15) is 4.31 Å². The van der Waals surface area contributed by atoms with E-state index < -0.39 is 43.5 Å². The van der Waals surface area contributed by atoms with Crippen molar-refractivity contribution in [1.29, 1.82) is 0 Å². The van der Waals surface area contributed by atoms with Crippen LogP contribution in [-0.4, -0.2) is 77.2 Å². The van der Waals surface area contributed by atoms with Gasteiger partial charge in [-0.3, -0.25) is 0 Å². The number of ether oxygens (including phenoxy) is 2. The zero-order chi connectivity index (χ0) is 18.8. The first-order chi connectivity index (χ1) is 11.7. The normalized spacial score (nSPS) is 22.9. The average Bonchev–Trinajstić information content (AvgIpc) is 2.84. The number of hydrogen-bond donors (Lipinski definition) is 2. The number of sulfone groups is 1. The maximum Gasteiger partial charge on any atom is 0.247 e. The largest absolute Gasteiger partial charge is 0.497 e. The fourth-order valence-electron chi connectivity index (χ4n) is 2.79. The summed E-state index contributed by atoms with van der Waals surface area (Å²) in [5.41, 5.74) is 5.52. The van der Waals surface area contributed by atoms with Crippen LogP contribution in [0.3, 0.4) is 0 Å². The van der Waals surface area contributed by atoms with Crippen molar-refractivity contribution in [3.8, 4) is 11.5 Å². The molecule has 0 amide bonds. The summed E-state index contributed by atoms with van der Waals surface area (Å²) in [6.07, 6.45) is -1.32. The predicted molar refractivity (Wildman–Crippen MR) is 90.9 cm³/mol. The summed E-state index contributed by atoms with van der Waals surface area (Å²) in [6, 6.07) is 3.16. The van der Waals surface area contributed by atoms with Gasteiger partial charge in [0.1, 0.15) is 16.4 Å². The molecule has 1 aliphatic heterocycles. The molecule has 1 aromatic carbocycles. The van der Waals surface area contributed by atoms with Gasteiger partial charge in [0.15, 0.2) is 9.84 Å². The molecule has 0 aromatic heterocycles. The molecule has 11 heteroatoms. The smallest absolute Gasteiger partial charge is 0.247 e. The Morgan fingerprint density at radius 2 is 1.96 bits per heavy atom. The van der Waals surface area contributed by atoms with Crippen molar-refractivity contribution in [2.24, 2.45) is 5.73 Å². The van der Waals surface area contributed by atoms with Gasteiger partial charge in [0.05, 0.1) is 37.9 Å². The monoisotopic (exact) mass is 394 g/mol. The third kappa shape index (κ3) is 4.06. The van der Waals surface area contributed by atoms with Crippen LogP contribution in [0.1, 0.15) is 0 Å². The van der Waals surface area contributed by atoms with Crippen LogP contribution in [0.25, 0.3) is 0 Å². The lowest BCUT2D eigenvalue weighted by molar-refractivity contribution is 0.129. The highest BCUT2D eigenvalue weighted by atomic mass is 32.2. The van der Waals surface area contributed by atoms with Crippen LogP contribution in [0.15, 0.2) is 23.1 Å². The molecule has 0 radical (unpaired) electrons. The molecule has 1 aliphatic rings. The Morgan fingerprint density at radius 1 is 1.28 bits per heavy atom. The van der Waals surface area contributed by atoms with Gasteiger partial charge < -0.3 is 20.3 Å². The van der Waals surface area contributed by atoms with Gasteiger partial charge in [-0.1, -0.05) is 0 Å². The summed E-state index contributed by atoms with van der Waals surface area (Å²) in [6.45, 7) is -0.172. The second-order valence-corrected chi connectivity index (χ2v) is 9.65. The molecule has 1 aromatic rings. The Kier molecular flexibility index (Phi) is 5.94. The van der Waals surface area contributed by atoms with Crippen LogP contribution in [0.5, 0.6) is 11.5 Å². The topological polar surface area (TPSA) is 136 Å². The molecule has 0 unspecified atom stereocenters. The molecule has 0 aliphatic carbocycles. The number of aliphatic hydroxyl groups is 1. The van der Waals surface area contributed by atoms with Gasteiger partial charge in [0.2, 0.25) is 10.0 Å². The van der Waals surface area contributed by atoms with Gasteiger partial charge in [-0.05, 0) is 12.1 Å². The summed E-state index contributed by atoms with van der Waals surface area (Å²) in [5.74, 6) is -0.562. The van der Waals surface area contributed by atoms with E-state index in [-0.39, 0.29) is 23.7 Å². The number of benzene rings is 1. The van der Waals surface area contributed by atoms with E-state index in [9.17, 15) is 21.9 Å². The summed E-state index contributed by atoms with van der Waals surface area (Å²) < 4.78 is 61.0. The first-order valence-corrected chi connectivity index (χ1v) is 10.7. The van der Waals surface area contributed by atoms with Crippen LogP contribution in [0.4, 0.5) is 0 Å². The molecule has 2 rings (SSSR count). The van der Waals surface area contributed by atoms with Gasteiger partial charge in [0, 0.05) is 19.2 Å². The van der Waals surface area contributed by atoms with Crippen molar-refractivity contribution in [3.63, 3.8) is 0 Å². The highest BCUT2D eigenvalue weighted by Crippen LogP contribution is 2.33. The molecular formula is C14H22N2O7S2. The number of methoxy groups -OCH3 is 2. The third-order valence-corrected chi connectivity index (χ3v) is 7.61. The van der Waals surface area contributed by atoms with E-state index in [1.165, 1.54) is 26.4 Å². The van der Waals surface area contributed by atoms with E-state index in [1.807, 2.05) is 0 Å². The molecule has 0 spiro atoms. The van der Waals surface area contributed by atoms with Gasteiger partial charge in [0.25, 0.3) is 0 Å². The number of aliphatic hydroxyl groups excluding tert-OH is 1. The Bertz CT molecular complexity index is 824. The minimum Gasteiger partial charge on any atom is -0.497 e. The highest BCUT2D eigenvalue weighted by molar-refractivity contribution is 7.92. The summed E-state index contributed by atoms with van der Waals surface area (Å²) in [5, 5.41) is 10.1. The van der Waals surface area contributed by atoms with Crippen molar-refractivity contribution in [2.45, 2.75) is 17.0 Å². The highest BCUT2D eigenvalue weighted by Gasteiger charge is 2.45. The summed E-state index contributed by atoms with van der Waals surface area (Å²) in [4.78, 5) is -0.181. The van der Waals surface area contributed by atoms with Gasteiger partial charge in [-0.15, -0.1) is 0 Å². The maximum absolute atomic E-state index is 13.1. The molecule has 1 fully saturated rings.